The van der Waals surface area contributed by atoms with Crippen LogP contribution in [0.5, 0.6) is 0 Å². The Labute approximate surface area is 172 Å². The first-order valence-corrected chi connectivity index (χ1v) is 11.5. The first-order valence-electron chi connectivity index (χ1n) is 9.91. The van der Waals surface area contributed by atoms with E-state index in [0.717, 1.165) is 28.1 Å². The molecule has 1 heterocycles. The Kier molecular flexibility index (Phi) is 5.96. The van der Waals surface area contributed by atoms with Crippen LogP contribution in [-0.2, 0) is 9.05 Å². The second-order valence-electron chi connectivity index (χ2n) is 6.49. The smallest absolute Gasteiger partial charge is 0.254 e. The van der Waals surface area contributed by atoms with Crippen molar-refractivity contribution < 1.29 is 9.05 Å². The monoisotopic (exact) mass is 404 g/mol. The number of aliphatic imine (C=N–C) groups is 1. The summed E-state index contributed by atoms with van der Waals surface area (Å²) in [6.07, 6.45) is 0. The highest BCUT2D eigenvalue weighted by Crippen LogP contribution is 2.61. The number of rotatable bonds is 7. The number of nitrogens with zero attached hydrogens (tertiary/aromatic N) is 2. The van der Waals surface area contributed by atoms with Crippen molar-refractivity contribution in [3.63, 3.8) is 0 Å². The summed E-state index contributed by atoms with van der Waals surface area (Å²) in [5, 5.41) is 0. The Morgan fingerprint density at radius 2 is 1.17 bits per heavy atom. The molecular weight excluding hydrogens is 379 g/mol. The molecule has 0 bridgehead atoms. The standard InChI is InChI=1S/C24H25N2O2P/c1-3-27-29(28-4-2)24(21-16-10-6-11-17-21)25-23(20-14-8-5-9-15-20)26(29)22-18-12-7-13-19-22/h5-19H,3-4H2,1-2H3. The van der Waals surface area contributed by atoms with Gasteiger partial charge in [0.25, 0.3) is 7.49 Å². The predicted molar refractivity (Wildman–Crippen MR) is 123 cm³/mol. The molecule has 0 saturated heterocycles. The third-order valence-electron chi connectivity index (χ3n) is 4.62. The third-order valence-corrected chi connectivity index (χ3v) is 7.67. The van der Waals surface area contributed by atoms with Crippen LogP contribution in [0, 0.1) is 0 Å². The zero-order valence-electron chi connectivity index (χ0n) is 16.7. The summed E-state index contributed by atoms with van der Waals surface area (Å²) in [7, 11) is -2.69. The van der Waals surface area contributed by atoms with E-state index in [1.807, 2.05) is 68.4 Å². The lowest BCUT2D eigenvalue weighted by Gasteiger charge is -2.35. The van der Waals surface area contributed by atoms with E-state index in [1.54, 1.807) is 0 Å². The van der Waals surface area contributed by atoms with Gasteiger partial charge in [-0.05, 0) is 26.0 Å². The van der Waals surface area contributed by atoms with E-state index in [4.69, 9.17) is 14.0 Å². The van der Waals surface area contributed by atoms with Crippen molar-refractivity contribution in [3.05, 3.63) is 102 Å². The molecule has 5 heteroatoms. The van der Waals surface area contributed by atoms with Crippen LogP contribution in [-0.4, -0.2) is 24.5 Å². The third kappa shape index (κ3) is 3.67. The van der Waals surface area contributed by atoms with E-state index in [-0.39, 0.29) is 0 Å². The molecule has 3 aromatic rings. The lowest BCUT2D eigenvalue weighted by Crippen LogP contribution is -2.28. The van der Waals surface area contributed by atoms with E-state index in [2.05, 4.69) is 41.1 Å². The van der Waals surface area contributed by atoms with Gasteiger partial charge in [0.1, 0.15) is 11.3 Å². The molecule has 0 radical (unpaired) electrons. The Hall–Kier alpha value is -2.65. The maximum Gasteiger partial charge on any atom is 0.254 e. The Balaban J connectivity index is 2.02. The molecule has 0 N–H and O–H groups in total. The maximum atomic E-state index is 6.48. The summed E-state index contributed by atoms with van der Waals surface area (Å²) in [4.78, 5) is 5.14. The molecule has 3 aromatic carbocycles. The van der Waals surface area contributed by atoms with Gasteiger partial charge < -0.3 is 9.05 Å². The van der Waals surface area contributed by atoms with E-state index in [9.17, 15) is 0 Å². The van der Waals surface area contributed by atoms with Crippen molar-refractivity contribution in [1.29, 1.82) is 0 Å². The van der Waals surface area contributed by atoms with Crippen LogP contribution in [0.3, 0.4) is 0 Å². The van der Waals surface area contributed by atoms with Crippen LogP contribution in [0.4, 0.5) is 5.69 Å². The molecule has 0 aliphatic carbocycles. The summed E-state index contributed by atoms with van der Waals surface area (Å²) in [5.41, 5.74) is 3.93. The zero-order chi connectivity index (χ0) is 20.1. The molecule has 4 rings (SSSR count). The average molecular weight is 404 g/mol. The molecule has 0 spiro atoms. The molecule has 0 amide bonds. The van der Waals surface area contributed by atoms with Gasteiger partial charge in [-0.2, -0.15) is 0 Å². The first-order chi connectivity index (χ1) is 14.3. The average Bonchev–Trinajstić information content (AvgIpc) is 3.11. The summed E-state index contributed by atoms with van der Waals surface area (Å²) in [6.45, 7) is 5.08. The van der Waals surface area contributed by atoms with E-state index in [1.165, 1.54) is 0 Å². The van der Waals surface area contributed by atoms with Crippen LogP contribution in [0.1, 0.15) is 25.0 Å². The highest BCUT2D eigenvalue weighted by molar-refractivity contribution is 7.71. The summed E-state index contributed by atoms with van der Waals surface area (Å²) >= 11 is 0. The number of hydrogen-bond donors (Lipinski definition) is 0. The molecule has 1 aliphatic heterocycles. The normalized spacial score (nSPS) is 15.4. The molecule has 0 atom stereocenters. The molecule has 29 heavy (non-hydrogen) atoms. The Morgan fingerprint density at radius 3 is 1.69 bits per heavy atom. The van der Waals surface area contributed by atoms with Crippen molar-refractivity contribution in [1.82, 2.24) is 0 Å². The molecule has 148 valence electrons. The quantitative estimate of drug-likeness (QED) is 0.455. The summed E-state index contributed by atoms with van der Waals surface area (Å²) < 4.78 is 15.1. The number of amidine groups is 1. The maximum absolute atomic E-state index is 6.48. The van der Waals surface area contributed by atoms with Crippen LogP contribution < -0.4 is 4.67 Å². The highest BCUT2D eigenvalue weighted by atomic mass is 31.2. The fourth-order valence-electron chi connectivity index (χ4n) is 3.49. The van der Waals surface area contributed by atoms with Crippen molar-refractivity contribution in [2.75, 3.05) is 17.9 Å². The van der Waals surface area contributed by atoms with E-state index >= 15 is 0 Å². The molecule has 0 aromatic heterocycles. The van der Waals surface area contributed by atoms with Gasteiger partial charge in [0.05, 0.1) is 18.9 Å². The Morgan fingerprint density at radius 1 is 0.690 bits per heavy atom. The van der Waals surface area contributed by atoms with Gasteiger partial charge in [-0.3, -0.25) is 4.67 Å². The largest absolute Gasteiger partial charge is 0.320 e. The number of anilines is 1. The van der Waals surface area contributed by atoms with Gasteiger partial charge >= 0.3 is 0 Å². The molecule has 4 nitrogen and oxygen atoms in total. The van der Waals surface area contributed by atoms with Crippen LogP contribution in [0.15, 0.2) is 96.0 Å². The van der Waals surface area contributed by atoms with Crippen LogP contribution >= 0.6 is 7.49 Å². The zero-order valence-corrected chi connectivity index (χ0v) is 17.6. The van der Waals surface area contributed by atoms with Crippen molar-refractivity contribution in [2.45, 2.75) is 13.8 Å². The second-order valence-corrected chi connectivity index (χ2v) is 8.88. The number of hydrogen-bond acceptors (Lipinski definition) is 4. The fraction of sp³-hybridized carbons (Fsp3) is 0.167. The minimum Gasteiger partial charge on any atom is -0.320 e. The second kappa shape index (κ2) is 8.79. The van der Waals surface area contributed by atoms with Gasteiger partial charge in [0, 0.05) is 11.1 Å². The predicted octanol–water partition coefficient (Wildman–Crippen LogP) is 5.97. The lowest BCUT2D eigenvalue weighted by molar-refractivity contribution is 0.265. The van der Waals surface area contributed by atoms with Crippen molar-refractivity contribution in [2.24, 2.45) is 4.99 Å². The van der Waals surface area contributed by atoms with Crippen molar-refractivity contribution >= 4 is 24.4 Å². The molecule has 0 fully saturated rings. The first kappa shape index (κ1) is 19.7. The lowest BCUT2D eigenvalue weighted by atomic mass is 10.2. The number of para-hydroxylation sites is 1. The minimum atomic E-state index is -2.69. The van der Waals surface area contributed by atoms with Gasteiger partial charge in [0.2, 0.25) is 0 Å². The molecular formula is C24H25N2O2P. The topological polar surface area (TPSA) is 34.1 Å². The van der Waals surface area contributed by atoms with E-state index in [0.29, 0.717) is 13.2 Å². The highest BCUT2D eigenvalue weighted by Gasteiger charge is 2.42. The summed E-state index contributed by atoms with van der Waals surface area (Å²) in [6, 6.07) is 30.7. The van der Waals surface area contributed by atoms with Gasteiger partial charge in [0.15, 0.2) is 0 Å². The van der Waals surface area contributed by atoms with Gasteiger partial charge in [-0.15, -0.1) is 0 Å². The minimum absolute atomic E-state index is 0.533. The summed E-state index contributed by atoms with van der Waals surface area (Å²) in [5.74, 6) is 0.853. The molecule has 0 unspecified atom stereocenters. The Bertz CT molecular complexity index is 1020. The molecule has 0 saturated carbocycles. The van der Waals surface area contributed by atoms with E-state index < -0.39 is 7.49 Å². The van der Waals surface area contributed by atoms with Crippen LogP contribution in [0.25, 0.3) is 0 Å². The van der Waals surface area contributed by atoms with Crippen LogP contribution in [0.2, 0.25) is 0 Å². The number of benzene rings is 3. The fourth-order valence-corrected chi connectivity index (χ4v) is 6.47. The van der Waals surface area contributed by atoms with Gasteiger partial charge in [-0.25, -0.2) is 4.99 Å². The van der Waals surface area contributed by atoms with Gasteiger partial charge in [-0.1, -0.05) is 78.9 Å². The van der Waals surface area contributed by atoms with Crippen molar-refractivity contribution in [3.8, 4) is 0 Å². The SMILES string of the molecule is CCOP1(OCC)=C(c2ccccc2)N=C(c2ccccc2)N1c1ccccc1. The molecule has 1 aliphatic rings.